The van der Waals surface area contributed by atoms with Crippen molar-refractivity contribution in [3.63, 3.8) is 0 Å². The maximum atomic E-state index is 12.0. The maximum absolute atomic E-state index is 12.0. The van der Waals surface area contributed by atoms with Crippen molar-refractivity contribution in [3.05, 3.63) is 24.3 Å². The number of rotatable bonds is 12. The van der Waals surface area contributed by atoms with Crippen molar-refractivity contribution in [2.45, 2.75) is 51.9 Å². The van der Waals surface area contributed by atoms with E-state index in [9.17, 15) is 34.5 Å². The number of carbonyl (C=O) groups is 4. The topological polar surface area (TPSA) is 154 Å². The second-order valence-electron chi connectivity index (χ2n) is 7.47. The van der Waals surface area contributed by atoms with Crippen LogP contribution in [0, 0.1) is 5.41 Å². The maximum Gasteiger partial charge on any atom is 0.258 e. The highest BCUT2D eigenvalue weighted by atomic mass is 16.7. The Balaban J connectivity index is 2.16. The molecule has 3 N–H and O–H groups in total. The number of aliphatic hydroxyl groups excluding tert-OH is 1. The Hall–Kier alpha value is -2.44. The van der Waals surface area contributed by atoms with Crippen LogP contribution in [-0.2, 0) is 28.7 Å². The highest BCUT2D eigenvalue weighted by Gasteiger charge is 2.47. The van der Waals surface area contributed by atoms with E-state index in [4.69, 9.17) is 9.47 Å². The highest BCUT2D eigenvalue weighted by Crippen LogP contribution is 2.32. The van der Waals surface area contributed by atoms with Crippen molar-refractivity contribution in [2.75, 3.05) is 19.8 Å². The third-order valence-corrected chi connectivity index (χ3v) is 5.54. The standard InChI is InChI=1S/C20H28N2O9/c1-4-18(11-23,12-30-19(28,5-2)21-14(24)7-8-15(21)25)13-31-20(29,6-3)22-16(26)9-10-17(22)27/h7-10,23,28-29H,4-6,11-13H2,1-3H3. The molecule has 2 rings (SSSR count). The number of ether oxygens (including phenoxy) is 2. The third kappa shape index (κ3) is 4.75. The van der Waals surface area contributed by atoms with E-state index in [1.807, 2.05) is 0 Å². The summed E-state index contributed by atoms with van der Waals surface area (Å²) in [7, 11) is 0. The zero-order chi connectivity index (χ0) is 23.4. The molecule has 0 bridgehead atoms. The summed E-state index contributed by atoms with van der Waals surface area (Å²) < 4.78 is 11.1. The molecule has 2 aliphatic rings. The van der Waals surface area contributed by atoms with Crippen LogP contribution in [0.15, 0.2) is 24.3 Å². The van der Waals surface area contributed by atoms with Crippen LogP contribution < -0.4 is 0 Å². The Morgan fingerprint density at radius 1 is 0.710 bits per heavy atom. The first kappa shape index (κ1) is 24.8. The number of carbonyl (C=O) groups excluding carboxylic acids is 4. The summed E-state index contributed by atoms with van der Waals surface area (Å²) in [6, 6.07) is 0. The van der Waals surface area contributed by atoms with Gasteiger partial charge in [0, 0.05) is 42.6 Å². The zero-order valence-corrected chi connectivity index (χ0v) is 17.7. The predicted molar refractivity (Wildman–Crippen MR) is 104 cm³/mol. The quantitative estimate of drug-likeness (QED) is 0.266. The van der Waals surface area contributed by atoms with Gasteiger partial charge in [0.2, 0.25) is 0 Å². The molecule has 0 saturated heterocycles. The van der Waals surface area contributed by atoms with E-state index >= 15 is 0 Å². The van der Waals surface area contributed by atoms with Crippen molar-refractivity contribution >= 4 is 23.6 Å². The van der Waals surface area contributed by atoms with Crippen molar-refractivity contribution < 1.29 is 44.0 Å². The van der Waals surface area contributed by atoms with E-state index in [0.717, 1.165) is 24.3 Å². The van der Waals surface area contributed by atoms with Gasteiger partial charge in [-0.25, -0.2) is 9.80 Å². The Bertz CT molecular complexity index is 706. The lowest BCUT2D eigenvalue weighted by Crippen LogP contribution is -2.57. The van der Waals surface area contributed by atoms with Crippen molar-refractivity contribution in [3.8, 4) is 0 Å². The number of aliphatic hydroxyl groups is 3. The molecule has 2 atom stereocenters. The molecule has 0 spiro atoms. The van der Waals surface area contributed by atoms with Crippen LogP contribution in [0.2, 0.25) is 0 Å². The molecule has 0 aliphatic carbocycles. The fourth-order valence-electron chi connectivity index (χ4n) is 3.12. The molecule has 4 amide bonds. The van der Waals surface area contributed by atoms with E-state index in [0.29, 0.717) is 9.80 Å². The van der Waals surface area contributed by atoms with Crippen molar-refractivity contribution in [2.24, 2.45) is 5.41 Å². The molecule has 0 fully saturated rings. The first-order valence-electron chi connectivity index (χ1n) is 9.97. The predicted octanol–water partition coefficient (Wildman–Crippen LogP) is -0.629. The molecular formula is C20H28N2O9. The Kier molecular flexibility index (Phi) is 7.50. The number of hydrogen-bond acceptors (Lipinski definition) is 9. The molecule has 0 aromatic carbocycles. The second kappa shape index (κ2) is 9.37. The van der Waals surface area contributed by atoms with Gasteiger partial charge in [0.05, 0.1) is 19.8 Å². The average Bonchev–Trinajstić information content (AvgIpc) is 3.29. The molecule has 11 heteroatoms. The van der Waals surface area contributed by atoms with Gasteiger partial charge in [-0.05, 0) is 6.42 Å². The largest absolute Gasteiger partial charge is 0.396 e. The lowest BCUT2D eigenvalue weighted by molar-refractivity contribution is -0.307. The minimum atomic E-state index is -2.25. The number of amides is 4. The average molecular weight is 440 g/mol. The minimum absolute atomic E-state index is 0.139. The van der Waals surface area contributed by atoms with Gasteiger partial charge >= 0.3 is 0 Å². The van der Waals surface area contributed by atoms with Crippen LogP contribution in [0.25, 0.3) is 0 Å². The Morgan fingerprint density at radius 2 is 1.03 bits per heavy atom. The lowest BCUT2D eigenvalue weighted by Gasteiger charge is -2.41. The van der Waals surface area contributed by atoms with Gasteiger partial charge < -0.3 is 24.8 Å². The molecule has 11 nitrogen and oxygen atoms in total. The summed E-state index contributed by atoms with van der Waals surface area (Å²) in [6.07, 6.45) is 3.99. The summed E-state index contributed by atoms with van der Waals surface area (Å²) in [5, 5.41) is 31.6. The fraction of sp³-hybridized carbons (Fsp3) is 0.600. The molecule has 172 valence electrons. The summed E-state index contributed by atoms with van der Waals surface area (Å²) >= 11 is 0. The van der Waals surface area contributed by atoms with Gasteiger partial charge in [0.25, 0.3) is 35.5 Å². The van der Waals surface area contributed by atoms with Gasteiger partial charge in [-0.2, -0.15) is 0 Å². The molecule has 2 aliphatic heterocycles. The van der Waals surface area contributed by atoms with Gasteiger partial charge in [0.1, 0.15) is 0 Å². The van der Waals surface area contributed by atoms with Crippen molar-refractivity contribution in [1.82, 2.24) is 9.80 Å². The van der Waals surface area contributed by atoms with Crippen molar-refractivity contribution in [1.29, 1.82) is 0 Å². The normalized spacial score (nSPS) is 22.3. The highest BCUT2D eigenvalue weighted by molar-refractivity contribution is 6.13. The van der Waals surface area contributed by atoms with Gasteiger partial charge in [-0.15, -0.1) is 0 Å². The Morgan fingerprint density at radius 3 is 1.26 bits per heavy atom. The molecule has 0 aromatic heterocycles. The fourth-order valence-corrected chi connectivity index (χ4v) is 3.12. The van der Waals surface area contributed by atoms with E-state index in [1.54, 1.807) is 6.92 Å². The number of hydrogen-bond donors (Lipinski definition) is 3. The van der Waals surface area contributed by atoms with E-state index in [2.05, 4.69) is 0 Å². The Labute approximate surface area is 179 Å². The SMILES string of the molecule is CCC(CO)(COC(O)(CC)N1C(=O)C=CC1=O)COC(O)(CC)N1C(=O)C=CC1=O. The molecule has 0 saturated carbocycles. The van der Waals surface area contributed by atoms with Crippen LogP contribution in [0.1, 0.15) is 40.0 Å². The van der Waals surface area contributed by atoms with Gasteiger partial charge in [0.15, 0.2) is 0 Å². The van der Waals surface area contributed by atoms with E-state index in [1.165, 1.54) is 13.8 Å². The van der Waals surface area contributed by atoms with Crippen LogP contribution in [0.3, 0.4) is 0 Å². The second-order valence-corrected chi connectivity index (χ2v) is 7.47. The summed E-state index contributed by atoms with van der Waals surface area (Å²) in [4.78, 5) is 49.0. The zero-order valence-electron chi connectivity index (χ0n) is 17.7. The summed E-state index contributed by atoms with van der Waals surface area (Å²) in [5.41, 5.74) is -1.19. The minimum Gasteiger partial charge on any atom is -0.396 e. The van der Waals surface area contributed by atoms with E-state index in [-0.39, 0.29) is 32.5 Å². The van der Waals surface area contributed by atoms with Crippen LogP contribution in [0.4, 0.5) is 0 Å². The lowest BCUT2D eigenvalue weighted by atomic mass is 9.88. The van der Waals surface area contributed by atoms with Gasteiger partial charge in [-0.3, -0.25) is 19.2 Å². The smallest absolute Gasteiger partial charge is 0.258 e. The first-order chi connectivity index (χ1) is 14.5. The number of nitrogens with zero attached hydrogens (tertiary/aromatic N) is 2. The van der Waals surface area contributed by atoms with E-state index < -0.39 is 47.5 Å². The third-order valence-electron chi connectivity index (χ3n) is 5.54. The summed E-state index contributed by atoms with van der Waals surface area (Å²) in [6.45, 7) is 3.48. The van der Waals surface area contributed by atoms with Crippen LogP contribution in [-0.4, -0.2) is 80.4 Å². The molecule has 0 radical (unpaired) electrons. The van der Waals surface area contributed by atoms with Crippen LogP contribution in [0.5, 0.6) is 0 Å². The number of imide groups is 2. The molecule has 2 unspecified atom stereocenters. The summed E-state index contributed by atoms with van der Waals surface area (Å²) in [5.74, 6) is -7.46. The van der Waals surface area contributed by atoms with Gasteiger partial charge in [-0.1, -0.05) is 20.8 Å². The monoisotopic (exact) mass is 440 g/mol. The molecular weight excluding hydrogens is 412 g/mol. The molecule has 2 heterocycles. The first-order valence-corrected chi connectivity index (χ1v) is 9.97. The molecule has 31 heavy (non-hydrogen) atoms. The molecule has 0 aromatic rings. The van der Waals surface area contributed by atoms with Crippen LogP contribution >= 0.6 is 0 Å².